The van der Waals surface area contributed by atoms with E-state index in [9.17, 15) is 14.4 Å². The van der Waals surface area contributed by atoms with Crippen LogP contribution in [-0.4, -0.2) is 26.5 Å². The molecule has 2 aromatic carbocycles. The van der Waals surface area contributed by atoms with Crippen molar-refractivity contribution in [3.05, 3.63) is 69.2 Å². The van der Waals surface area contributed by atoms with Crippen LogP contribution in [0.1, 0.15) is 24.7 Å². The monoisotopic (exact) mass is 423 g/mol. The molecular formula is C22H18ClN3O4. The molecule has 2 N–H and O–H groups in total. The summed E-state index contributed by atoms with van der Waals surface area (Å²) in [7, 11) is 0. The number of fused-ring (bicyclic) bond motifs is 2. The van der Waals surface area contributed by atoms with E-state index in [-0.39, 0.29) is 5.56 Å². The third-order valence-corrected chi connectivity index (χ3v) is 5.34. The van der Waals surface area contributed by atoms with Crippen LogP contribution in [0.3, 0.4) is 0 Å². The number of hydrogen-bond donors (Lipinski definition) is 2. The Hall–Kier alpha value is -3.45. The van der Waals surface area contributed by atoms with Gasteiger partial charge < -0.3 is 10.4 Å². The zero-order valence-corrected chi connectivity index (χ0v) is 16.8. The van der Waals surface area contributed by atoms with Crippen LogP contribution >= 0.6 is 11.6 Å². The molecular weight excluding hydrogens is 406 g/mol. The second-order valence-corrected chi connectivity index (χ2v) is 7.58. The molecule has 2 heterocycles. The van der Waals surface area contributed by atoms with Crippen molar-refractivity contribution >= 4 is 51.7 Å². The minimum atomic E-state index is -1.21. The highest BCUT2D eigenvalue weighted by atomic mass is 35.5. The molecule has 1 aliphatic rings. The predicted octanol–water partition coefficient (Wildman–Crippen LogP) is 3.65. The molecule has 0 radical (unpaired) electrons. The van der Waals surface area contributed by atoms with Crippen LogP contribution < -0.4 is 10.9 Å². The fourth-order valence-corrected chi connectivity index (χ4v) is 3.48. The van der Waals surface area contributed by atoms with Gasteiger partial charge in [0.05, 0.1) is 10.9 Å². The molecule has 1 aromatic heterocycles. The molecule has 1 unspecified atom stereocenters. The standard InChI is InChI=1S/C22H18ClN3O4/c1-12(22(29)30)20(27)24-16-6-7-17-18(11-16)25-19-14(8-9-26(19)21(17)28)10-13-2-4-15(23)5-3-13/h2-7,10-12H,8-9H2,1H3,(H,24,27)(H,29,30)/b14-10+. The van der Waals surface area contributed by atoms with E-state index in [0.717, 1.165) is 11.1 Å². The number of allylic oxidation sites excluding steroid dienone is 1. The fourth-order valence-electron chi connectivity index (χ4n) is 3.36. The zero-order valence-electron chi connectivity index (χ0n) is 16.1. The molecule has 0 saturated carbocycles. The number of carboxylic acid groups (broad SMARTS) is 1. The van der Waals surface area contributed by atoms with Crippen molar-refractivity contribution < 1.29 is 14.7 Å². The molecule has 8 heteroatoms. The topological polar surface area (TPSA) is 101 Å². The fraction of sp³-hybridized carbons (Fsp3) is 0.182. The summed E-state index contributed by atoms with van der Waals surface area (Å²) >= 11 is 5.94. The molecule has 0 spiro atoms. The number of carboxylic acids is 1. The van der Waals surface area contributed by atoms with Crippen molar-refractivity contribution in [3.63, 3.8) is 0 Å². The van der Waals surface area contributed by atoms with Gasteiger partial charge in [0.1, 0.15) is 11.7 Å². The van der Waals surface area contributed by atoms with Gasteiger partial charge in [-0.05, 0) is 60.9 Å². The highest BCUT2D eigenvalue weighted by Gasteiger charge is 2.23. The summed E-state index contributed by atoms with van der Waals surface area (Å²) in [6.45, 7) is 1.86. The number of hydrogen-bond acceptors (Lipinski definition) is 4. The van der Waals surface area contributed by atoms with Gasteiger partial charge in [-0.1, -0.05) is 23.7 Å². The minimum Gasteiger partial charge on any atom is -0.481 e. The number of anilines is 1. The van der Waals surface area contributed by atoms with Gasteiger partial charge in [0.2, 0.25) is 5.91 Å². The lowest BCUT2D eigenvalue weighted by atomic mass is 10.1. The van der Waals surface area contributed by atoms with Gasteiger partial charge in [-0.2, -0.15) is 0 Å². The lowest BCUT2D eigenvalue weighted by molar-refractivity contribution is -0.144. The third-order valence-electron chi connectivity index (χ3n) is 5.09. The first-order valence-corrected chi connectivity index (χ1v) is 9.76. The van der Waals surface area contributed by atoms with Gasteiger partial charge in [0, 0.05) is 17.3 Å². The number of aliphatic carboxylic acids is 1. The first-order valence-electron chi connectivity index (χ1n) is 9.38. The van der Waals surface area contributed by atoms with Crippen LogP contribution in [-0.2, 0) is 16.1 Å². The summed E-state index contributed by atoms with van der Waals surface area (Å²) in [5, 5.41) is 12.6. The van der Waals surface area contributed by atoms with Crippen molar-refractivity contribution in [1.29, 1.82) is 0 Å². The zero-order chi connectivity index (χ0) is 21.4. The summed E-state index contributed by atoms with van der Waals surface area (Å²) in [4.78, 5) is 40.6. The minimum absolute atomic E-state index is 0.147. The van der Waals surface area contributed by atoms with Gasteiger partial charge in [0.25, 0.3) is 5.56 Å². The maximum Gasteiger partial charge on any atom is 0.315 e. The Morgan fingerprint density at radius 2 is 1.97 bits per heavy atom. The second-order valence-electron chi connectivity index (χ2n) is 7.14. The second kappa shape index (κ2) is 7.76. The van der Waals surface area contributed by atoms with Crippen molar-refractivity contribution in [3.8, 4) is 0 Å². The predicted molar refractivity (Wildman–Crippen MR) is 115 cm³/mol. The Bertz CT molecular complexity index is 1260. The summed E-state index contributed by atoms with van der Waals surface area (Å²) in [5.41, 5.74) is 2.58. The SMILES string of the molecule is CC(C(=O)O)C(=O)Nc1ccc2c(=O)n3c(nc2c1)/C(=C/c1ccc(Cl)cc1)CC3. The third kappa shape index (κ3) is 3.71. The van der Waals surface area contributed by atoms with E-state index in [0.29, 0.717) is 40.4 Å². The van der Waals surface area contributed by atoms with Crippen molar-refractivity contribution in [2.75, 3.05) is 5.32 Å². The molecule has 0 saturated heterocycles. The highest BCUT2D eigenvalue weighted by Crippen LogP contribution is 2.28. The molecule has 4 rings (SSSR count). The lowest BCUT2D eigenvalue weighted by Crippen LogP contribution is -2.27. The molecule has 3 aromatic rings. The molecule has 30 heavy (non-hydrogen) atoms. The summed E-state index contributed by atoms with van der Waals surface area (Å²) in [5.74, 6) is -2.44. The van der Waals surface area contributed by atoms with E-state index in [1.807, 2.05) is 18.2 Å². The van der Waals surface area contributed by atoms with Crippen LogP contribution in [0.5, 0.6) is 0 Å². The smallest absolute Gasteiger partial charge is 0.315 e. The van der Waals surface area contributed by atoms with Crippen molar-refractivity contribution in [1.82, 2.24) is 9.55 Å². The van der Waals surface area contributed by atoms with Crippen molar-refractivity contribution in [2.45, 2.75) is 19.9 Å². The quantitative estimate of drug-likeness (QED) is 0.623. The van der Waals surface area contributed by atoms with Crippen LogP contribution in [0.4, 0.5) is 5.69 Å². The maximum absolute atomic E-state index is 12.9. The van der Waals surface area contributed by atoms with Crippen LogP contribution in [0, 0.1) is 5.92 Å². The molecule has 0 bridgehead atoms. The normalized spacial score (nSPS) is 15.2. The average Bonchev–Trinajstić information content (AvgIpc) is 3.11. The van der Waals surface area contributed by atoms with Crippen molar-refractivity contribution in [2.24, 2.45) is 5.92 Å². The number of halogens is 1. The van der Waals surface area contributed by atoms with Gasteiger partial charge >= 0.3 is 5.97 Å². The first-order chi connectivity index (χ1) is 14.3. The van der Waals surface area contributed by atoms with E-state index in [2.05, 4.69) is 10.3 Å². The number of amides is 1. The summed E-state index contributed by atoms with van der Waals surface area (Å²) < 4.78 is 1.65. The Labute approximate surface area is 176 Å². The number of nitrogens with one attached hydrogen (secondary N) is 1. The van der Waals surface area contributed by atoms with E-state index in [1.165, 1.54) is 6.92 Å². The molecule has 7 nitrogen and oxygen atoms in total. The van der Waals surface area contributed by atoms with E-state index in [4.69, 9.17) is 16.7 Å². The van der Waals surface area contributed by atoms with E-state index >= 15 is 0 Å². The lowest BCUT2D eigenvalue weighted by Gasteiger charge is -2.10. The Morgan fingerprint density at radius 1 is 1.23 bits per heavy atom. The number of aromatic nitrogens is 2. The highest BCUT2D eigenvalue weighted by molar-refractivity contribution is 6.30. The Morgan fingerprint density at radius 3 is 2.67 bits per heavy atom. The summed E-state index contributed by atoms with van der Waals surface area (Å²) in [6.07, 6.45) is 2.66. The van der Waals surface area contributed by atoms with E-state index < -0.39 is 17.8 Å². The molecule has 0 fully saturated rings. The maximum atomic E-state index is 12.9. The average molecular weight is 424 g/mol. The van der Waals surface area contributed by atoms with Crippen LogP contribution in [0.2, 0.25) is 5.02 Å². The molecule has 152 valence electrons. The van der Waals surface area contributed by atoms with Gasteiger partial charge in [0.15, 0.2) is 0 Å². The molecule has 1 atom stereocenters. The van der Waals surface area contributed by atoms with Crippen LogP contribution in [0.15, 0.2) is 47.3 Å². The number of carbonyl (C=O) groups excluding carboxylic acids is 1. The molecule has 1 aliphatic heterocycles. The first kappa shape index (κ1) is 19.8. The van der Waals surface area contributed by atoms with Crippen LogP contribution in [0.25, 0.3) is 22.6 Å². The number of benzene rings is 2. The van der Waals surface area contributed by atoms with Gasteiger partial charge in [-0.3, -0.25) is 19.0 Å². The van der Waals surface area contributed by atoms with Gasteiger partial charge in [-0.15, -0.1) is 0 Å². The Kier molecular flexibility index (Phi) is 5.13. The number of nitrogens with zero attached hydrogens (tertiary/aromatic N) is 2. The largest absolute Gasteiger partial charge is 0.481 e. The molecule has 1 amide bonds. The molecule has 0 aliphatic carbocycles. The Balaban J connectivity index is 1.73. The summed E-state index contributed by atoms with van der Waals surface area (Å²) in [6, 6.07) is 12.2. The van der Waals surface area contributed by atoms with Gasteiger partial charge in [-0.25, -0.2) is 4.98 Å². The number of carbonyl (C=O) groups is 2. The number of rotatable bonds is 4. The van der Waals surface area contributed by atoms with E-state index in [1.54, 1.807) is 34.9 Å².